The van der Waals surface area contributed by atoms with Crippen LogP contribution in [0, 0.1) is 5.92 Å². The zero-order chi connectivity index (χ0) is 9.90. The maximum atomic E-state index is 5.84. The minimum Gasteiger partial charge on any atom is -0.298 e. The topological polar surface area (TPSA) is 12.4 Å². The van der Waals surface area contributed by atoms with Crippen LogP contribution in [0.1, 0.15) is 25.7 Å². The van der Waals surface area contributed by atoms with Gasteiger partial charge in [0.15, 0.2) is 0 Å². The summed E-state index contributed by atoms with van der Waals surface area (Å²) in [4.78, 5) is 4.04. The second kappa shape index (κ2) is 5.16. The van der Waals surface area contributed by atoms with Gasteiger partial charge in [-0.15, -0.1) is 0 Å². The molecule has 76 valence electrons. The van der Waals surface area contributed by atoms with Gasteiger partial charge >= 0.3 is 5.32 Å². The molecule has 0 aliphatic heterocycles. The number of hydrogen-bond acceptors (Lipinski definition) is 1. The van der Waals surface area contributed by atoms with Crippen LogP contribution in [0.15, 0.2) is 4.99 Å². The third-order valence-electron chi connectivity index (χ3n) is 2.54. The first kappa shape index (κ1) is 12.0. The molecule has 5 heteroatoms. The lowest BCUT2D eigenvalue weighted by Gasteiger charge is -2.24. The lowest BCUT2D eigenvalue weighted by Crippen LogP contribution is -2.18. The van der Waals surface area contributed by atoms with E-state index in [1.54, 1.807) is 0 Å². The second-order valence-electron chi connectivity index (χ2n) is 3.59. The van der Waals surface area contributed by atoms with Crippen molar-refractivity contribution in [1.29, 1.82) is 0 Å². The minimum absolute atomic E-state index is 0.449. The van der Waals surface area contributed by atoms with Crippen molar-refractivity contribution in [3.05, 3.63) is 0 Å². The standard InChI is InChI=1S/C8H14Cl3NP/c1-12-8-4-2-7(3-5-8)6-13(9,10)11/h7-8H,1-6H2/q+1. The maximum Gasteiger partial charge on any atom is 0.308 e. The first-order valence-corrected chi connectivity index (χ1v) is 9.13. The van der Waals surface area contributed by atoms with Crippen LogP contribution in [0.25, 0.3) is 0 Å². The first-order chi connectivity index (χ1) is 6.01. The van der Waals surface area contributed by atoms with Gasteiger partial charge in [-0.25, -0.2) is 0 Å². The predicted octanol–water partition coefficient (Wildman–Crippen LogP) is 4.72. The first-order valence-electron chi connectivity index (χ1n) is 4.44. The Bertz CT molecular complexity index is 173. The molecule has 0 spiro atoms. The summed E-state index contributed by atoms with van der Waals surface area (Å²) in [6.07, 6.45) is 5.27. The van der Waals surface area contributed by atoms with E-state index in [1.807, 2.05) is 0 Å². The molecule has 13 heavy (non-hydrogen) atoms. The Kier molecular flexibility index (Phi) is 4.78. The molecule has 0 aromatic heterocycles. The average molecular weight is 262 g/mol. The molecule has 1 rings (SSSR count). The fraction of sp³-hybridized carbons (Fsp3) is 0.875. The highest BCUT2D eigenvalue weighted by Crippen LogP contribution is 2.75. The normalized spacial score (nSPS) is 30.1. The van der Waals surface area contributed by atoms with E-state index in [9.17, 15) is 0 Å². The van der Waals surface area contributed by atoms with Crippen molar-refractivity contribution in [3.8, 4) is 0 Å². The Morgan fingerprint density at radius 2 is 1.69 bits per heavy atom. The lowest BCUT2D eigenvalue weighted by atomic mass is 9.88. The van der Waals surface area contributed by atoms with E-state index in [0.717, 1.165) is 31.8 Å². The molecule has 0 atom stereocenters. The quantitative estimate of drug-likeness (QED) is 0.515. The molecular weight excluding hydrogens is 247 g/mol. The summed E-state index contributed by atoms with van der Waals surface area (Å²) in [5.74, 6) is 0.596. The van der Waals surface area contributed by atoms with Crippen LogP contribution in [0.4, 0.5) is 0 Å². The summed E-state index contributed by atoms with van der Waals surface area (Å²) >= 11 is 17.5. The lowest BCUT2D eigenvalue weighted by molar-refractivity contribution is 0.354. The Balaban J connectivity index is 2.29. The minimum atomic E-state index is -2.14. The highest BCUT2D eigenvalue weighted by Gasteiger charge is 2.37. The molecule has 0 aromatic rings. The van der Waals surface area contributed by atoms with E-state index >= 15 is 0 Å². The van der Waals surface area contributed by atoms with E-state index in [-0.39, 0.29) is 0 Å². The SMILES string of the molecule is C=NC1CCC(C[P+](Cl)(Cl)Cl)CC1. The van der Waals surface area contributed by atoms with Crippen LogP contribution in [-0.2, 0) is 0 Å². The molecule has 0 aromatic carbocycles. The van der Waals surface area contributed by atoms with Gasteiger partial charge in [0.2, 0.25) is 0 Å². The summed E-state index contributed by atoms with van der Waals surface area (Å²) in [6, 6.07) is 0.449. The van der Waals surface area contributed by atoms with Crippen molar-refractivity contribution < 1.29 is 0 Å². The zero-order valence-corrected chi connectivity index (χ0v) is 10.6. The van der Waals surface area contributed by atoms with E-state index in [4.69, 9.17) is 33.7 Å². The monoisotopic (exact) mass is 260 g/mol. The zero-order valence-electron chi connectivity index (χ0n) is 7.43. The summed E-state index contributed by atoms with van der Waals surface area (Å²) in [5, 5.41) is -2.14. The molecule has 0 heterocycles. The van der Waals surface area contributed by atoms with Gasteiger partial charge in [-0.2, -0.15) is 0 Å². The summed E-state index contributed by atoms with van der Waals surface area (Å²) < 4.78 is 0. The molecule has 0 amide bonds. The van der Waals surface area contributed by atoms with Gasteiger partial charge in [-0.1, -0.05) is 0 Å². The van der Waals surface area contributed by atoms with Gasteiger partial charge in [0.1, 0.15) is 39.9 Å². The van der Waals surface area contributed by atoms with Gasteiger partial charge in [0, 0.05) is 6.04 Å². The van der Waals surface area contributed by atoms with E-state index < -0.39 is 5.32 Å². The highest BCUT2D eigenvalue weighted by atomic mass is 36.1. The molecule has 0 N–H and O–H groups in total. The van der Waals surface area contributed by atoms with Gasteiger partial charge in [-0.3, -0.25) is 4.99 Å². The average Bonchev–Trinajstić information content (AvgIpc) is 2.03. The number of aliphatic imine (C=N–C) groups is 1. The van der Waals surface area contributed by atoms with E-state index in [0.29, 0.717) is 12.0 Å². The molecule has 0 bridgehead atoms. The largest absolute Gasteiger partial charge is 0.308 e. The molecule has 1 fully saturated rings. The van der Waals surface area contributed by atoms with Crippen LogP contribution >= 0.6 is 39.0 Å². The molecule has 1 saturated carbocycles. The van der Waals surface area contributed by atoms with Crippen LogP contribution in [0.5, 0.6) is 0 Å². The van der Waals surface area contributed by atoms with Gasteiger partial charge in [0.25, 0.3) is 0 Å². The number of hydrogen-bond donors (Lipinski definition) is 0. The van der Waals surface area contributed by atoms with E-state index in [1.165, 1.54) is 0 Å². The van der Waals surface area contributed by atoms with Crippen LogP contribution in [0.2, 0.25) is 0 Å². The van der Waals surface area contributed by atoms with Crippen molar-refractivity contribution in [1.82, 2.24) is 0 Å². The van der Waals surface area contributed by atoms with Crippen molar-refractivity contribution in [3.63, 3.8) is 0 Å². The molecular formula is C8H14Cl3NP+. The van der Waals surface area contributed by atoms with Crippen molar-refractivity contribution in [2.45, 2.75) is 31.7 Å². The van der Waals surface area contributed by atoms with Crippen molar-refractivity contribution in [2.75, 3.05) is 6.16 Å². The molecule has 0 radical (unpaired) electrons. The van der Waals surface area contributed by atoms with Gasteiger partial charge in [0.05, 0.1) is 0 Å². The Hall–Kier alpha value is 0.970. The predicted molar refractivity (Wildman–Crippen MR) is 64.6 cm³/mol. The summed E-state index contributed by atoms with van der Waals surface area (Å²) in [7, 11) is 0. The van der Waals surface area contributed by atoms with E-state index in [2.05, 4.69) is 11.7 Å². The second-order valence-corrected chi connectivity index (χ2v) is 11.8. The highest BCUT2D eigenvalue weighted by molar-refractivity contribution is 8.32. The smallest absolute Gasteiger partial charge is 0.298 e. The molecule has 1 nitrogen and oxygen atoms in total. The Morgan fingerprint density at radius 1 is 1.15 bits per heavy atom. The number of nitrogens with zero attached hydrogens (tertiary/aromatic N) is 1. The van der Waals surface area contributed by atoms with Crippen LogP contribution in [-0.4, -0.2) is 18.9 Å². The Morgan fingerprint density at radius 3 is 2.08 bits per heavy atom. The third-order valence-corrected chi connectivity index (χ3v) is 4.71. The van der Waals surface area contributed by atoms with Crippen molar-refractivity contribution >= 4 is 45.8 Å². The maximum absolute atomic E-state index is 5.84. The molecule has 0 unspecified atom stereocenters. The summed E-state index contributed by atoms with van der Waals surface area (Å²) in [5.41, 5.74) is 0. The third kappa shape index (κ3) is 4.83. The molecule has 1 aliphatic rings. The molecule has 0 saturated heterocycles. The van der Waals surface area contributed by atoms with Gasteiger partial charge in [-0.05, 0) is 38.3 Å². The number of rotatable bonds is 3. The van der Waals surface area contributed by atoms with Crippen LogP contribution < -0.4 is 0 Å². The van der Waals surface area contributed by atoms with Crippen LogP contribution in [0.3, 0.4) is 0 Å². The number of halogens is 3. The molecule has 1 aliphatic carbocycles. The fourth-order valence-electron chi connectivity index (χ4n) is 1.80. The Labute approximate surface area is 94.6 Å². The fourth-order valence-corrected chi connectivity index (χ4v) is 4.51. The van der Waals surface area contributed by atoms with Crippen molar-refractivity contribution in [2.24, 2.45) is 10.9 Å². The summed E-state index contributed by atoms with van der Waals surface area (Å²) in [6.45, 7) is 3.56. The van der Waals surface area contributed by atoms with Gasteiger partial charge < -0.3 is 0 Å².